The molecule has 0 atom stereocenters. The van der Waals surface area contributed by atoms with Crippen molar-refractivity contribution in [2.75, 3.05) is 5.75 Å². The molecule has 1 N–H and O–H groups in total. The lowest BCUT2D eigenvalue weighted by Crippen LogP contribution is -2.19. The molecule has 0 radical (unpaired) electrons. The van der Waals surface area contributed by atoms with Crippen LogP contribution in [0.3, 0.4) is 0 Å². The molecule has 0 fully saturated rings. The van der Waals surface area contributed by atoms with E-state index in [1.54, 1.807) is 30.5 Å². The van der Waals surface area contributed by atoms with Crippen molar-refractivity contribution in [3.63, 3.8) is 0 Å². The molecule has 0 aliphatic rings. The van der Waals surface area contributed by atoms with Crippen molar-refractivity contribution in [1.29, 1.82) is 0 Å². The topological polar surface area (TPSA) is 97.5 Å². The molecule has 8 heteroatoms. The van der Waals surface area contributed by atoms with Crippen LogP contribution in [0.25, 0.3) is 0 Å². The van der Waals surface area contributed by atoms with Gasteiger partial charge in [0.25, 0.3) is 5.69 Å². The summed E-state index contributed by atoms with van der Waals surface area (Å²) < 4.78 is 0. The number of rotatable bonds is 7. The largest absolute Gasteiger partial charge is 0.272 e. The zero-order valence-corrected chi connectivity index (χ0v) is 12.9. The van der Waals surface area contributed by atoms with Crippen LogP contribution in [-0.2, 0) is 10.5 Å². The van der Waals surface area contributed by atoms with E-state index in [0.29, 0.717) is 11.4 Å². The van der Waals surface area contributed by atoms with Crippen LogP contribution in [0.2, 0.25) is 0 Å². The average molecular weight is 330 g/mol. The molecule has 1 heterocycles. The fraction of sp³-hybridized carbons (Fsp3) is 0.133. The van der Waals surface area contributed by atoms with Crippen LogP contribution >= 0.6 is 11.8 Å². The number of hydrazone groups is 1. The first-order valence-electron chi connectivity index (χ1n) is 6.69. The van der Waals surface area contributed by atoms with Crippen molar-refractivity contribution in [2.45, 2.75) is 5.75 Å². The summed E-state index contributed by atoms with van der Waals surface area (Å²) in [6.07, 6.45) is 3.11. The first-order chi connectivity index (χ1) is 11.1. The number of carbonyl (C=O) groups is 1. The third kappa shape index (κ3) is 5.87. The van der Waals surface area contributed by atoms with E-state index in [1.807, 2.05) is 6.07 Å². The number of nitro groups is 1. The zero-order chi connectivity index (χ0) is 16.5. The van der Waals surface area contributed by atoms with Gasteiger partial charge in [-0.1, -0.05) is 18.2 Å². The van der Waals surface area contributed by atoms with Gasteiger partial charge in [-0.2, -0.15) is 5.10 Å². The van der Waals surface area contributed by atoms with Crippen molar-refractivity contribution in [3.8, 4) is 0 Å². The molecular formula is C15H14N4O3S. The summed E-state index contributed by atoms with van der Waals surface area (Å²) in [5.74, 6) is 0.621. The average Bonchev–Trinajstić information content (AvgIpc) is 2.56. The fourth-order valence-electron chi connectivity index (χ4n) is 1.63. The molecule has 0 bridgehead atoms. The monoisotopic (exact) mass is 330 g/mol. The van der Waals surface area contributed by atoms with Crippen molar-refractivity contribution >= 4 is 29.6 Å². The van der Waals surface area contributed by atoms with Crippen LogP contribution in [0.1, 0.15) is 11.3 Å². The van der Waals surface area contributed by atoms with Gasteiger partial charge in [-0.15, -0.1) is 11.8 Å². The second-order valence-electron chi connectivity index (χ2n) is 4.46. The first kappa shape index (κ1) is 16.6. The predicted octanol–water partition coefficient (Wildman–Crippen LogP) is 2.37. The lowest BCUT2D eigenvalue weighted by atomic mass is 10.2. The third-order valence-corrected chi connectivity index (χ3v) is 3.73. The van der Waals surface area contributed by atoms with Gasteiger partial charge >= 0.3 is 0 Å². The van der Waals surface area contributed by atoms with E-state index < -0.39 is 4.92 Å². The molecule has 7 nitrogen and oxygen atoms in total. The smallest absolute Gasteiger partial charge is 0.269 e. The number of nitrogens with one attached hydrogen (secondary N) is 1. The highest BCUT2D eigenvalue weighted by molar-refractivity contribution is 7.99. The van der Waals surface area contributed by atoms with E-state index in [1.165, 1.54) is 30.1 Å². The molecule has 0 spiro atoms. The maximum absolute atomic E-state index is 11.6. The SMILES string of the molecule is O=C(CSCc1ccc([N+](=O)[O-])cc1)N/N=C\c1ccccn1. The maximum Gasteiger partial charge on any atom is 0.269 e. The molecule has 1 aromatic heterocycles. The fourth-order valence-corrected chi connectivity index (χ4v) is 2.41. The Morgan fingerprint density at radius 3 is 2.74 bits per heavy atom. The van der Waals surface area contributed by atoms with E-state index in [4.69, 9.17) is 0 Å². The Morgan fingerprint density at radius 2 is 2.09 bits per heavy atom. The van der Waals surface area contributed by atoms with Crippen LogP contribution in [0.5, 0.6) is 0 Å². The summed E-state index contributed by atoms with van der Waals surface area (Å²) in [5.41, 5.74) is 4.06. The molecule has 0 unspecified atom stereocenters. The molecule has 23 heavy (non-hydrogen) atoms. The molecule has 118 valence electrons. The van der Waals surface area contributed by atoms with E-state index in [2.05, 4.69) is 15.5 Å². The molecule has 1 aromatic carbocycles. The van der Waals surface area contributed by atoms with Gasteiger partial charge in [0.2, 0.25) is 5.91 Å². The van der Waals surface area contributed by atoms with Crippen LogP contribution < -0.4 is 5.43 Å². The molecule has 0 aliphatic carbocycles. The molecular weight excluding hydrogens is 316 g/mol. The van der Waals surface area contributed by atoms with Crippen LogP contribution in [-0.4, -0.2) is 27.8 Å². The van der Waals surface area contributed by atoms with Crippen LogP contribution in [0.15, 0.2) is 53.8 Å². The summed E-state index contributed by atoms with van der Waals surface area (Å²) in [4.78, 5) is 25.8. The summed E-state index contributed by atoms with van der Waals surface area (Å²) >= 11 is 1.40. The van der Waals surface area contributed by atoms with Gasteiger partial charge in [0.15, 0.2) is 0 Å². The van der Waals surface area contributed by atoms with Gasteiger partial charge < -0.3 is 0 Å². The number of hydrogen-bond acceptors (Lipinski definition) is 6. The van der Waals surface area contributed by atoms with Crippen molar-refractivity contribution < 1.29 is 9.72 Å². The second kappa shape index (κ2) is 8.64. The Hall–Kier alpha value is -2.74. The number of aromatic nitrogens is 1. The van der Waals surface area contributed by atoms with E-state index in [-0.39, 0.29) is 17.3 Å². The van der Waals surface area contributed by atoms with E-state index >= 15 is 0 Å². The van der Waals surface area contributed by atoms with Gasteiger partial charge in [0.1, 0.15) is 0 Å². The summed E-state index contributed by atoms with van der Waals surface area (Å²) in [6, 6.07) is 11.7. The minimum absolute atomic E-state index is 0.0559. The number of nitrogens with zero attached hydrogens (tertiary/aromatic N) is 3. The van der Waals surface area contributed by atoms with Gasteiger partial charge in [0.05, 0.1) is 22.6 Å². The molecule has 0 saturated carbocycles. The highest BCUT2D eigenvalue weighted by Gasteiger charge is 2.05. The Morgan fingerprint density at radius 1 is 1.30 bits per heavy atom. The summed E-state index contributed by atoms with van der Waals surface area (Å²) in [6.45, 7) is 0. The van der Waals surface area contributed by atoms with Gasteiger partial charge in [-0.05, 0) is 17.7 Å². The standard InChI is InChI=1S/C15H14N4O3S/c20-15(18-17-9-13-3-1-2-8-16-13)11-23-10-12-4-6-14(7-5-12)19(21)22/h1-9H,10-11H2,(H,18,20)/b17-9-. The zero-order valence-electron chi connectivity index (χ0n) is 12.1. The lowest BCUT2D eigenvalue weighted by Gasteiger charge is -2.01. The first-order valence-corrected chi connectivity index (χ1v) is 7.84. The number of benzene rings is 1. The molecule has 1 amide bonds. The highest BCUT2D eigenvalue weighted by Crippen LogP contribution is 2.16. The van der Waals surface area contributed by atoms with Crippen LogP contribution in [0, 0.1) is 10.1 Å². The van der Waals surface area contributed by atoms with E-state index in [0.717, 1.165) is 5.56 Å². The quantitative estimate of drug-likeness (QED) is 0.477. The van der Waals surface area contributed by atoms with Gasteiger partial charge in [0, 0.05) is 24.1 Å². The summed E-state index contributed by atoms with van der Waals surface area (Å²) in [7, 11) is 0. The maximum atomic E-state index is 11.6. The number of hydrogen-bond donors (Lipinski definition) is 1. The molecule has 2 aromatic rings. The van der Waals surface area contributed by atoms with Gasteiger partial charge in [-0.3, -0.25) is 19.9 Å². The third-order valence-electron chi connectivity index (χ3n) is 2.72. The molecule has 2 rings (SSSR count). The Labute approximate surface area is 137 Å². The number of non-ortho nitro benzene ring substituents is 1. The Kier molecular flexibility index (Phi) is 6.25. The predicted molar refractivity (Wildman–Crippen MR) is 89.2 cm³/mol. The molecule has 0 aliphatic heterocycles. The van der Waals surface area contributed by atoms with Gasteiger partial charge in [-0.25, -0.2) is 5.43 Å². The minimum atomic E-state index is -0.441. The number of pyridine rings is 1. The minimum Gasteiger partial charge on any atom is -0.272 e. The van der Waals surface area contributed by atoms with Crippen molar-refractivity contribution in [1.82, 2.24) is 10.4 Å². The van der Waals surface area contributed by atoms with Crippen molar-refractivity contribution in [2.24, 2.45) is 5.10 Å². The highest BCUT2D eigenvalue weighted by atomic mass is 32.2. The Bertz CT molecular complexity index is 690. The second-order valence-corrected chi connectivity index (χ2v) is 5.45. The van der Waals surface area contributed by atoms with Crippen LogP contribution in [0.4, 0.5) is 5.69 Å². The van der Waals surface area contributed by atoms with Crippen molar-refractivity contribution in [3.05, 3.63) is 70.0 Å². The number of carbonyl (C=O) groups excluding carboxylic acids is 1. The number of amides is 1. The lowest BCUT2D eigenvalue weighted by molar-refractivity contribution is -0.384. The molecule has 0 saturated heterocycles. The normalized spacial score (nSPS) is 10.6. The Balaban J connectivity index is 1.70. The summed E-state index contributed by atoms with van der Waals surface area (Å²) in [5, 5.41) is 14.4. The number of nitro benzene ring substituents is 1. The number of thioether (sulfide) groups is 1. The van der Waals surface area contributed by atoms with E-state index in [9.17, 15) is 14.9 Å².